The number of aldehydes is 1. The van der Waals surface area contributed by atoms with E-state index in [4.69, 9.17) is 16.3 Å². The molecule has 0 aliphatic rings. The number of hydrogen-bond acceptors (Lipinski definition) is 5. The molecule has 6 heteroatoms. The maximum atomic E-state index is 10.8. The van der Waals surface area contributed by atoms with Gasteiger partial charge in [0.25, 0.3) is 0 Å². The van der Waals surface area contributed by atoms with Crippen molar-refractivity contribution in [2.24, 2.45) is 0 Å². The predicted molar refractivity (Wildman–Crippen MR) is 64.4 cm³/mol. The van der Waals surface area contributed by atoms with Gasteiger partial charge >= 0.3 is 0 Å². The number of ether oxygens (including phenoxy) is 1. The first-order valence-electron chi connectivity index (χ1n) is 4.80. The molecule has 0 aromatic carbocycles. The fraction of sp³-hybridized carbons (Fsp3) is 0.500. The number of nitrogens with zero attached hydrogens (tertiary/aromatic N) is 2. The fourth-order valence-corrected chi connectivity index (χ4v) is 2.37. The highest BCUT2D eigenvalue weighted by Crippen LogP contribution is 2.24. The second-order valence-corrected chi connectivity index (χ2v) is 4.53. The minimum Gasteiger partial charge on any atom is -0.385 e. The summed E-state index contributed by atoms with van der Waals surface area (Å²) in [7, 11) is 1.66. The molecule has 0 bridgehead atoms. The molecule has 0 aliphatic heterocycles. The predicted octanol–water partition coefficient (Wildman–Crippen LogP) is 2.38. The lowest BCUT2D eigenvalue weighted by Crippen LogP contribution is -1.99. The van der Waals surface area contributed by atoms with Crippen LogP contribution < -0.4 is 0 Å². The minimum absolute atomic E-state index is 0.219. The summed E-state index contributed by atoms with van der Waals surface area (Å²) in [6.07, 6.45) is 1.60. The third kappa shape index (κ3) is 3.73. The van der Waals surface area contributed by atoms with Gasteiger partial charge < -0.3 is 4.74 Å². The molecular formula is C10H13ClN2O2S. The van der Waals surface area contributed by atoms with Crippen LogP contribution in [-0.2, 0) is 4.74 Å². The van der Waals surface area contributed by atoms with E-state index in [2.05, 4.69) is 9.97 Å². The van der Waals surface area contributed by atoms with Gasteiger partial charge in [-0.25, -0.2) is 9.97 Å². The van der Waals surface area contributed by atoms with Gasteiger partial charge in [0, 0.05) is 19.5 Å². The highest BCUT2D eigenvalue weighted by Gasteiger charge is 2.11. The van der Waals surface area contributed by atoms with Gasteiger partial charge in [-0.3, -0.25) is 4.79 Å². The molecule has 1 aromatic heterocycles. The number of thioether (sulfide) groups is 1. The third-order valence-corrected chi connectivity index (χ3v) is 3.19. The van der Waals surface area contributed by atoms with E-state index < -0.39 is 0 Å². The molecule has 4 nitrogen and oxygen atoms in total. The summed E-state index contributed by atoms with van der Waals surface area (Å²) in [5.41, 5.74) is 0.370. The number of carbonyl (C=O) groups is 1. The van der Waals surface area contributed by atoms with Crippen molar-refractivity contribution in [2.45, 2.75) is 18.4 Å². The van der Waals surface area contributed by atoms with Crippen LogP contribution in [0.25, 0.3) is 0 Å². The van der Waals surface area contributed by atoms with Gasteiger partial charge in [-0.15, -0.1) is 11.8 Å². The summed E-state index contributed by atoms with van der Waals surface area (Å²) < 4.78 is 4.94. The maximum absolute atomic E-state index is 10.8. The van der Waals surface area contributed by atoms with Crippen molar-refractivity contribution in [2.75, 3.05) is 19.5 Å². The van der Waals surface area contributed by atoms with E-state index in [1.165, 1.54) is 11.8 Å². The highest BCUT2D eigenvalue weighted by molar-refractivity contribution is 7.99. The van der Waals surface area contributed by atoms with E-state index in [0.29, 0.717) is 29.3 Å². The van der Waals surface area contributed by atoms with E-state index in [-0.39, 0.29) is 5.15 Å². The topological polar surface area (TPSA) is 52.1 Å². The molecule has 0 amide bonds. The average molecular weight is 261 g/mol. The van der Waals surface area contributed by atoms with Gasteiger partial charge in [0.05, 0.1) is 5.56 Å². The van der Waals surface area contributed by atoms with E-state index in [0.717, 1.165) is 12.2 Å². The quantitative estimate of drug-likeness (QED) is 0.340. The first-order chi connectivity index (χ1) is 7.69. The Morgan fingerprint density at radius 2 is 2.25 bits per heavy atom. The number of rotatable bonds is 6. The molecule has 0 unspecified atom stereocenters. The monoisotopic (exact) mass is 260 g/mol. The zero-order chi connectivity index (χ0) is 12.0. The summed E-state index contributed by atoms with van der Waals surface area (Å²) in [4.78, 5) is 19.0. The third-order valence-electron chi connectivity index (χ3n) is 1.83. The van der Waals surface area contributed by atoms with Gasteiger partial charge in [0.15, 0.2) is 6.29 Å². The molecular weight excluding hydrogens is 248 g/mol. The van der Waals surface area contributed by atoms with Crippen molar-refractivity contribution in [3.8, 4) is 0 Å². The second-order valence-electron chi connectivity index (χ2n) is 3.09. The summed E-state index contributed by atoms with van der Waals surface area (Å²) in [6, 6.07) is 0. The Balaban J connectivity index is 2.73. The number of hydrogen-bond donors (Lipinski definition) is 0. The van der Waals surface area contributed by atoms with Gasteiger partial charge in [-0.05, 0) is 13.3 Å². The summed E-state index contributed by atoms with van der Waals surface area (Å²) in [6.45, 7) is 2.45. The first-order valence-corrected chi connectivity index (χ1v) is 6.16. The van der Waals surface area contributed by atoms with Gasteiger partial charge in [0.2, 0.25) is 0 Å². The van der Waals surface area contributed by atoms with Crippen LogP contribution in [-0.4, -0.2) is 35.7 Å². The Bertz CT molecular complexity index is 374. The molecule has 1 aromatic rings. The lowest BCUT2D eigenvalue weighted by Gasteiger charge is -2.05. The van der Waals surface area contributed by atoms with E-state index in [1.807, 2.05) is 0 Å². The van der Waals surface area contributed by atoms with Crippen molar-refractivity contribution in [1.29, 1.82) is 0 Å². The van der Waals surface area contributed by atoms with Crippen LogP contribution in [0.15, 0.2) is 5.03 Å². The van der Waals surface area contributed by atoms with Gasteiger partial charge in [0.1, 0.15) is 16.0 Å². The van der Waals surface area contributed by atoms with Crippen LogP contribution >= 0.6 is 23.4 Å². The zero-order valence-electron chi connectivity index (χ0n) is 9.20. The normalized spacial score (nSPS) is 10.4. The summed E-state index contributed by atoms with van der Waals surface area (Å²) in [5, 5.41) is 0.861. The van der Waals surface area contributed by atoms with E-state index in [1.54, 1.807) is 14.0 Å². The molecule has 1 heterocycles. The molecule has 88 valence electrons. The van der Waals surface area contributed by atoms with E-state index >= 15 is 0 Å². The highest BCUT2D eigenvalue weighted by atomic mass is 35.5. The number of halogens is 1. The van der Waals surface area contributed by atoms with Crippen LogP contribution in [0.4, 0.5) is 0 Å². The molecule has 0 radical (unpaired) electrons. The fourth-order valence-electron chi connectivity index (χ4n) is 1.10. The largest absolute Gasteiger partial charge is 0.385 e. The van der Waals surface area contributed by atoms with Crippen molar-refractivity contribution in [3.63, 3.8) is 0 Å². The standard InChI is InChI=1S/C10H13ClN2O2S/c1-7-12-9(11)8(6-14)10(13-7)16-5-3-4-15-2/h6H,3-5H2,1-2H3. The van der Waals surface area contributed by atoms with Crippen LogP contribution in [0.5, 0.6) is 0 Å². The van der Waals surface area contributed by atoms with Crippen molar-refractivity contribution >= 4 is 29.6 Å². The molecule has 0 aliphatic carbocycles. The molecule has 0 spiro atoms. The smallest absolute Gasteiger partial charge is 0.155 e. The molecule has 0 saturated carbocycles. The van der Waals surface area contributed by atoms with Gasteiger partial charge in [-0.2, -0.15) is 0 Å². The number of aryl methyl sites for hydroxylation is 1. The minimum atomic E-state index is 0.219. The molecule has 0 atom stereocenters. The van der Waals surface area contributed by atoms with Crippen molar-refractivity contribution in [1.82, 2.24) is 9.97 Å². The second kappa shape index (κ2) is 6.83. The van der Waals surface area contributed by atoms with Crippen molar-refractivity contribution in [3.05, 3.63) is 16.5 Å². The lowest BCUT2D eigenvalue weighted by molar-refractivity contribution is 0.112. The van der Waals surface area contributed by atoms with Crippen LogP contribution in [0, 0.1) is 6.92 Å². The Hall–Kier alpha value is -0.650. The molecule has 16 heavy (non-hydrogen) atoms. The average Bonchev–Trinajstić information content (AvgIpc) is 2.24. The number of carbonyl (C=O) groups excluding carboxylic acids is 1. The molecule has 0 fully saturated rings. The lowest BCUT2D eigenvalue weighted by atomic mass is 10.4. The Morgan fingerprint density at radius 3 is 2.88 bits per heavy atom. The SMILES string of the molecule is COCCCSc1nc(C)nc(Cl)c1C=O. The van der Waals surface area contributed by atoms with E-state index in [9.17, 15) is 4.79 Å². The molecule has 0 N–H and O–H groups in total. The number of aromatic nitrogens is 2. The maximum Gasteiger partial charge on any atom is 0.155 e. The van der Waals surface area contributed by atoms with Crippen LogP contribution in [0.1, 0.15) is 22.6 Å². The summed E-state index contributed by atoms with van der Waals surface area (Å²) in [5.74, 6) is 1.41. The molecule has 1 rings (SSSR count). The van der Waals surface area contributed by atoms with Crippen LogP contribution in [0.2, 0.25) is 5.15 Å². The first kappa shape index (κ1) is 13.4. The Morgan fingerprint density at radius 1 is 1.50 bits per heavy atom. The Kier molecular flexibility index (Phi) is 5.73. The summed E-state index contributed by atoms with van der Waals surface area (Å²) >= 11 is 7.35. The number of methoxy groups -OCH3 is 1. The zero-order valence-corrected chi connectivity index (χ0v) is 10.8. The van der Waals surface area contributed by atoms with Gasteiger partial charge in [-0.1, -0.05) is 11.6 Å². The Labute approximate surface area is 104 Å². The van der Waals surface area contributed by atoms with Crippen LogP contribution in [0.3, 0.4) is 0 Å². The van der Waals surface area contributed by atoms with Crippen molar-refractivity contribution < 1.29 is 9.53 Å². The molecule has 0 saturated heterocycles.